The normalized spacial score (nSPS) is 12.0. The van der Waals surface area contributed by atoms with E-state index in [1.165, 1.54) is 172 Å². The lowest BCUT2D eigenvalue weighted by Crippen LogP contribution is -2.49. The molecule has 37 nitrogen and oxygen atoms in total. The van der Waals surface area contributed by atoms with E-state index < -0.39 is 89.7 Å². The maximum Gasteiger partial charge on any atom is 0.679 e. The molecule has 126 heavy (non-hydrogen) atoms. The molecule has 0 radical (unpaired) electrons. The van der Waals surface area contributed by atoms with Crippen molar-refractivity contribution in [2.45, 2.75) is 258 Å². The van der Waals surface area contributed by atoms with Gasteiger partial charge >= 0.3 is 89.7 Å². The van der Waals surface area contributed by atoms with Gasteiger partial charge in [-0.15, -0.1) is 6.58 Å². The Hall–Kier alpha value is 0.429. The number of hydrogen-bond donors (Lipinski definition) is 0. The van der Waals surface area contributed by atoms with Gasteiger partial charge < -0.3 is 164 Å². The second-order valence-corrected chi connectivity index (χ2v) is 51.8. The van der Waals surface area contributed by atoms with Gasteiger partial charge in [0.25, 0.3) is 0 Å². The molecule has 0 bridgehead atoms. The summed E-state index contributed by atoms with van der Waals surface area (Å²) in [5.41, 5.74) is 0. The molecule has 774 valence electrons. The van der Waals surface area contributed by atoms with E-state index in [-0.39, 0.29) is 0 Å². The molecule has 0 aliphatic heterocycles. The van der Waals surface area contributed by atoms with Gasteiger partial charge in [-0.1, -0.05) is 139 Å². The first kappa shape index (κ1) is 147. The third kappa shape index (κ3) is 79.5. The molecule has 0 atom stereocenters. The molecule has 0 spiro atoms. The van der Waals surface area contributed by atoms with Crippen LogP contribution < -0.4 is 0 Å². The second-order valence-electron chi connectivity index (χ2n) is 25.9. The van der Waals surface area contributed by atoms with Crippen LogP contribution in [0.15, 0.2) is 12.7 Å². The third-order valence-corrected chi connectivity index (χ3v) is 39.8. The Morgan fingerprint density at radius 3 is 0.619 bits per heavy atom. The quantitative estimate of drug-likeness (QED) is 0.0310. The summed E-state index contributed by atoms with van der Waals surface area (Å²) in [6.07, 6.45) is 23.5. The van der Waals surface area contributed by atoms with Crippen molar-refractivity contribution in [3.63, 3.8) is 0 Å². The van der Waals surface area contributed by atoms with Crippen molar-refractivity contribution in [1.29, 1.82) is 0 Å². The minimum atomic E-state index is -2.83. The topological polar surface area (TPSA) is 342 Å². The van der Waals surface area contributed by atoms with E-state index in [0.29, 0.717) is 105 Å². The maximum absolute atomic E-state index is 5.66. The van der Waals surface area contributed by atoms with E-state index in [2.05, 4.69) is 62.0 Å². The fourth-order valence-corrected chi connectivity index (χ4v) is 25.5. The molecule has 0 N–H and O–H groups in total. The molecule has 0 aromatic rings. The predicted octanol–water partition coefficient (Wildman–Crippen LogP) is 16.4. The Labute approximate surface area is 781 Å². The number of unbranched alkanes of at least 4 members (excludes halogenated alkanes) is 12. The van der Waals surface area contributed by atoms with Crippen LogP contribution in [0.25, 0.3) is 0 Å². The summed E-state index contributed by atoms with van der Waals surface area (Å²) in [6, 6.07) is 2.30. The van der Waals surface area contributed by atoms with E-state index in [1.807, 2.05) is 74.9 Å². The van der Waals surface area contributed by atoms with Crippen LogP contribution in [-0.2, 0) is 164 Å². The fraction of sp³-hybridized carbons (Fsp3) is 0.975. The largest absolute Gasteiger partial charge is 0.679 e. The standard InChI is InChI=1S/C11H26O4Si.C10H24O4Si.C10H24O2Si.C9H20O4Si.4C7H18O4Si.C7H18O3Si.C4H12O4Si/c1-5-6-7-8-9-10-11-15-16(12-2,13-3)14-4;1-5-9-10-14-15(11-6-2,12-7-3)13-8-4;1-5-7-9-13(11-3,12-4)10-8-6-2;1-5-6-7-8-9-13-14(10-2,11-3)12-4;1-7(2)6-11-12(8-3,9-4)10-5;2*1-5-6-7-11-12(8-2,9-3)10-4;1-5-9-12(8-4,10-6-2)11-7-3;1-5-8-11(4,9-6-2)10-7-3;1-5-9(6-2,7-3)8-4/h5-11H2,1-4H3;5-10H2,1-4H3;5-10H2,1-4H3;5H,1,6-9H2,2-4H3;7H,6H2,1-5H3;3*5-7H2,1-4H3;5-7H2,1-4H3;1-4H3. The number of rotatable bonds is 75. The molecule has 0 amide bonds. The zero-order valence-corrected chi connectivity index (χ0v) is 97.4. The second kappa shape index (κ2) is 103. The van der Waals surface area contributed by atoms with Crippen LogP contribution >= 0.6 is 0 Å². The monoisotopic (exact) mass is 2020 g/mol. The molecule has 0 aromatic heterocycles. The zero-order valence-electron chi connectivity index (χ0n) is 87.4. The van der Waals surface area contributed by atoms with Gasteiger partial charge in [0.1, 0.15) is 0 Å². The van der Waals surface area contributed by atoms with Crippen LogP contribution in [0.2, 0.25) is 18.6 Å². The van der Waals surface area contributed by atoms with Gasteiger partial charge in [-0.2, -0.15) is 0 Å². The van der Waals surface area contributed by atoms with Gasteiger partial charge in [0.15, 0.2) is 0 Å². The summed E-state index contributed by atoms with van der Waals surface area (Å²) >= 11 is 0. The minimum Gasteiger partial charge on any atom is -0.398 e. The maximum atomic E-state index is 5.66. The van der Waals surface area contributed by atoms with Crippen molar-refractivity contribution in [2.75, 3.05) is 256 Å². The highest BCUT2D eigenvalue weighted by atomic mass is 28.4. The van der Waals surface area contributed by atoms with E-state index >= 15 is 0 Å². The van der Waals surface area contributed by atoms with Crippen molar-refractivity contribution in [1.82, 2.24) is 0 Å². The van der Waals surface area contributed by atoms with E-state index in [4.69, 9.17) is 164 Å². The Balaban J connectivity index is -0.000000149. The SMILES string of the molecule is C=CCCCCO[Si](OC)(OC)OC.CCCCCCCCO[Si](OC)(OC)OC.CCCCO[Si](OC)(OC)OC.CCCCO[Si](OC)(OC)OC.CCCCO[Si](OCC)(OCC)OCC.CCCC[Si](CCCC)(OC)OC.CCO[Si](C)(OCC)OCC.CCO[Si](OC)(OCC)OCC.CO[Si](OC)(OC)OC.CO[Si](OC)(OC)OCC(C)C. The van der Waals surface area contributed by atoms with Crippen LogP contribution in [0.5, 0.6) is 0 Å². The molecule has 0 saturated carbocycles. The molecule has 47 heteroatoms. The first-order valence-electron chi connectivity index (χ1n) is 44.6. The molecule has 0 aromatic carbocycles. The Bertz CT molecular complexity index is 1940. The summed E-state index contributed by atoms with van der Waals surface area (Å²) in [4.78, 5) is 0. The molecular weight excluding hydrogens is 1820 g/mol. The van der Waals surface area contributed by atoms with Crippen LogP contribution in [-0.4, -0.2) is 345 Å². The van der Waals surface area contributed by atoms with Crippen molar-refractivity contribution >= 4 is 89.7 Å². The smallest absolute Gasteiger partial charge is 0.398 e. The van der Waals surface area contributed by atoms with Gasteiger partial charge in [-0.25, -0.2) is 0 Å². The van der Waals surface area contributed by atoms with Crippen LogP contribution in [0.4, 0.5) is 0 Å². The van der Waals surface area contributed by atoms with Crippen LogP contribution in [0, 0.1) is 5.92 Å². The highest BCUT2D eigenvalue weighted by Crippen LogP contribution is 2.24. The summed E-state index contributed by atoms with van der Waals surface area (Å²) in [7, 11) is 7.94. The molecule has 0 heterocycles. The van der Waals surface area contributed by atoms with Crippen molar-refractivity contribution in [3.8, 4) is 0 Å². The van der Waals surface area contributed by atoms with Gasteiger partial charge in [-0.3, -0.25) is 0 Å². The van der Waals surface area contributed by atoms with Gasteiger partial charge in [0.05, 0.1) is 0 Å². The molecular formula is C79H196O37Si10. The molecule has 0 unspecified atom stereocenters. The van der Waals surface area contributed by atoms with Crippen molar-refractivity contribution in [2.24, 2.45) is 5.92 Å². The van der Waals surface area contributed by atoms with Crippen molar-refractivity contribution in [3.05, 3.63) is 12.7 Å². The average Bonchev–Trinajstić information content (AvgIpc) is 0.870. The molecule has 0 rings (SSSR count). The van der Waals surface area contributed by atoms with Gasteiger partial charge in [0, 0.05) is 262 Å². The predicted molar refractivity (Wildman–Crippen MR) is 514 cm³/mol. The summed E-state index contributed by atoms with van der Waals surface area (Å²) in [5, 5.41) is 0. The van der Waals surface area contributed by atoms with E-state index in [1.54, 1.807) is 42.7 Å². The number of allylic oxidation sites excluding steroid dienone is 1. The molecule has 0 saturated heterocycles. The number of hydrogen-bond acceptors (Lipinski definition) is 37. The molecule has 0 fully saturated rings. The van der Waals surface area contributed by atoms with E-state index in [9.17, 15) is 0 Å². The first-order chi connectivity index (χ1) is 60.2. The summed E-state index contributed by atoms with van der Waals surface area (Å²) in [6.45, 7) is 48.9. The molecule has 0 aliphatic carbocycles. The van der Waals surface area contributed by atoms with Crippen LogP contribution in [0.1, 0.15) is 240 Å². The lowest BCUT2D eigenvalue weighted by atomic mass is 10.1. The fourth-order valence-electron chi connectivity index (χ4n) is 9.63. The highest BCUT2D eigenvalue weighted by molar-refractivity contribution is 6.67. The lowest BCUT2D eigenvalue weighted by molar-refractivity contribution is -0.0280. The highest BCUT2D eigenvalue weighted by Gasteiger charge is 2.48. The minimum absolute atomic E-state index is 0.442. The van der Waals surface area contributed by atoms with Gasteiger partial charge in [-0.05, 0) is 125 Å². The average molecular weight is 2020 g/mol. The lowest BCUT2D eigenvalue weighted by Gasteiger charge is -2.27. The summed E-state index contributed by atoms with van der Waals surface area (Å²) in [5.74, 6) is 0.442. The van der Waals surface area contributed by atoms with Gasteiger partial charge in [0.2, 0.25) is 0 Å². The first-order valence-corrected chi connectivity index (χ1v) is 62.1. The van der Waals surface area contributed by atoms with Crippen molar-refractivity contribution < 1.29 is 164 Å². The summed E-state index contributed by atoms with van der Waals surface area (Å²) < 4.78 is 194. The van der Waals surface area contributed by atoms with Crippen LogP contribution in [0.3, 0.4) is 0 Å². The Kier molecular flexibility index (Phi) is 120. The Morgan fingerprint density at radius 2 is 0.413 bits per heavy atom. The Morgan fingerprint density at radius 1 is 0.206 bits per heavy atom. The zero-order chi connectivity index (χ0) is 98.9. The third-order valence-electron chi connectivity index (χ3n) is 16.5. The molecule has 0 aliphatic rings. The van der Waals surface area contributed by atoms with E-state index in [0.717, 1.165) is 76.3 Å².